The maximum Gasteiger partial charge on any atom is 0.306 e. The van der Waals surface area contributed by atoms with Crippen LogP contribution in [0.25, 0.3) is 0 Å². The number of carboxylic acid groups (broad SMARTS) is 1. The first kappa shape index (κ1) is 8.45. The van der Waals surface area contributed by atoms with Crippen LogP contribution in [-0.2, 0) is 4.79 Å². The van der Waals surface area contributed by atoms with Gasteiger partial charge in [-0.15, -0.1) is 0 Å². The van der Waals surface area contributed by atoms with Crippen molar-refractivity contribution in [2.24, 2.45) is 5.41 Å². The predicted molar refractivity (Wildman–Crippen MR) is 31.6 cm³/mol. The molecule has 0 aliphatic rings. The highest BCUT2D eigenvalue weighted by Crippen LogP contribution is 2.17. The van der Waals surface area contributed by atoms with E-state index >= 15 is 0 Å². The molecule has 0 heterocycles. The Morgan fingerprint density at radius 1 is 1.60 bits per heavy atom. The summed E-state index contributed by atoms with van der Waals surface area (Å²) in [7, 11) is 0. The molecule has 0 spiro atoms. The summed E-state index contributed by atoms with van der Waals surface area (Å²) >= 11 is 0. The van der Waals surface area contributed by atoms with Crippen molar-refractivity contribution in [3.63, 3.8) is 0 Å². The fourth-order valence-corrected chi connectivity index (χ4v) is 0.407. The zero-order valence-corrected chi connectivity index (χ0v) is 5.46. The number of nitriles is 2. The van der Waals surface area contributed by atoms with Gasteiger partial charge in [0.25, 0.3) is 0 Å². The van der Waals surface area contributed by atoms with Crippen LogP contribution in [0.5, 0.6) is 0 Å². The Kier molecular flexibility index (Phi) is 2.40. The van der Waals surface area contributed by atoms with Crippen LogP contribution in [0.15, 0.2) is 0 Å². The highest BCUT2D eigenvalue weighted by atomic mass is 16.4. The van der Waals surface area contributed by atoms with Crippen molar-refractivity contribution < 1.29 is 9.90 Å². The topological polar surface area (TPSA) is 84.9 Å². The SMILES string of the molecule is CC(C#N)(C#N)CC(=O)O. The van der Waals surface area contributed by atoms with Crippen LogP contribution in [0.3, 0.4) is 0 Å². The third kappa shape index (κ3) is 2.15. The summed E-state index contributed by atoms with van der Waals surface area (Å²) in [6.07, 6.45) is -0.431. The van der Waals surface area contributed by atoms with Crippen LogP contribution in [-0.4, -0.2) is 11.1 Å². The second kappa shape index (κ2) is 2.84. The van der Waals surface area contributed by atoms with E-state index < -0.39 is 17.8 Å². The molecular weight excluding hydrogens is 132 g/mol. The summed E-state index contributed by atoms with van der Waals surface area (Å²) in [5.74, 6) is -1.13. The lowest BCUT2D eigenvalue weighted by Gasteiger charge is -2.05. The highest BCUT2D eigenvalue weighted by Gasteiger charge is 2.26. The standard InChI is InChI=1S/C6H6N2O2/c1-6(3-7,4-8)2-5(9)10/h2H2,1H3,(H,9,10). The highest BCUT2D eigenvalue weighted by molar-refractivity contribution is 5.68. The molecule has 4 nitrogen and oxygen atoms in total. The first-order valence-electron chi connectivity index (χ1n) is 2.58. The minimum absolute atomic E-state index is 0.431. The molecular formula is C6H6N2O2. The normalized spacial score (nSPS) is 9.50. The van der Waals surface area contributed by atoms with Crippen molar-refractivity contribution in [3.8, 4) is 12.1 Å². The van der Waals surface area contributed by atoms with Crippen LogP contribution in [0.1, 0.15) is 13.3 Å². The van der Waals surface area contributed by atoms with Gasteiger partial charge < -0.3 is 5.11 Å². The largest absolute Gasteiger partial charge is 0.481 e. The quantitative estimate of drug-likeness (QED) is 0.602. The van der Waals surface area contributed by atoms with Gasteiger partial charge in [0.15, 0.2) is 5.41 Å². The van der Waals surface area contributed by atoms with Gasteiger partial charge in [0.2, 0.25) is 0 Å². The summed E-state index contributed by atoms with van der Waals surface area (Å²) < 4.78 is 0. The molecule has 0 aromatic rings. The fraction of sp³-hybridized carbons (Fsp3) is 0.500. The first-order valence-corrected chi connectivity index (χ1v) is 2.58. The Bertz CT molecular complexity index is 207. The minimum Gasteiger partial charge on any atom is -0.481 e. The average Bonchev–Trinajstić information content (AvgIpc) is 1.87. The van der Waals surface area contributed by atoms with Crippen LogP contribution >= 0.6 is 0 Å². The van der Waals surface area contributed by atoms with Crippen molar-refractivity contribution in [3.05, 3.63) is 0 Å². The van der Waals surface area contributed by atoms with Gasteiger partial charge in [-0.2, -0.15) is 10.5 Å². The van der Waals surface area contributed by atoms with Gasteiger partial charge in [-0.3, -0.25) is 4.79 Å². The fourth-order valence-electron chi connectivity index (χ4n) is 0.407. The Hall–Kier alpha value is -1.55. The Balaban J connectivity index is 4.29. The molecule has 0 saturated heterocycles. The van der Waals surface area contributed by atoms with E-state index in [1.165, 1.54) is 6.92 Å². The van der Waals surface area contributed by atoms with Gasteiger partial charge in [0, 0.05) is 0 Å². The summed E-state index contributed by atoms with van der Waals surface area (Å²) in [6, 6.07) is 3.24. The number of carboxylic acids is 1. The Morgan fingerprint density at radius 3 is 2.10 bits per heavy atom. The molecule has 0 amide bonds. The van der Waals surface area contributed by atoms with Crippen molar-refractivity contribution in [1.29, 1.82) is 10.5 Å². The molecule has 0 fully saturated rings. The lowest BCUT2D eigenvalue weighted by Crippen LogP contribution is -2.15. The lowest BCUT2D eigenvalue weighted by molar-refractivity contribution is -0.138. The van der Waals surface area contributed by atoms with Crippen molar-refractivity contribution in [1.82, 2.24) is 0 Å². The van der Waals surface area contributed by atoms with E-state index in [9.17, 15) is 4.79 Å². The number of hydrogen-bond donors (Lipinski definition) is 1. The molecule has 0 atom stereocenters. The summed E-state index contributed by atoms with van der Waals surface area (Å²) in [5, 5.41) is 24.8. The van der Waals surface area contributed by atoms with E-state index in [1.54, 1.807) is 12.1 Å². The zero-order chi connectivity index (χ0) is 8.20. The summed E-state index contributed by atoms with van der Waals surface area (Å²) in [4.78, 5) is 10.0. The van der Waals surface area contributed by atoms with Gasteiger partial charge in [-0.05, 0) is 6.92 Å². The van der Waals surface area contributed by atoms with Crippen molar-refractivity contribution in [2.75, 3.05) is 0 Å². The van der Waals surface area contributed by atoms with Gasteiger partial charge >= 0.3 is 5.97 Å². The molecule has 1 N–H and O–H groups in total. The lowest BCUT2D eigenvalue weighted by atomic mass is 9.91. The first-order chi connectivity index (χ1) is 4.54. The molecule has 0 aromatic heterocycles. The van der Waals surface area contributed by atoms with Gasteiger partial charge in [-0.25, -0.2) is 0 Å². The molecule has 0 unspecified atom stereocenters. The molecule has 0 aliphatic heterocycles. The number of nitrogens with zero attached hydrogens (tertiary/aromatic N) is 2. The maximum atomic E-state index is 10.0. The number of aliphatic carboxylic acids is 1. The minimum atomic E-state index is -1.38. The monoisotopic (exact) mass is 138 g/mol. The van der Waals surface area contributed by atoms with Gasteiger partial charge in [-0.1, -0.05) is 0 Å². The molecule has 0 radical (unpaired) electrons. The molecule has 10 heavy (non-hydrogen) atoms. The Labute approximate surface area is 58.3 Å². The van der Waals surface area contributed by atoms with Gasteiger partial charge in [0.1, 0.15) is 0 Å². The van der Waals surface area contributed by atoms with E-state index in [-0.39, 0.29) is 0 Å². The van der Waals surface area contributed by atoms with Gasteiger partial charge in [0.05, 0.1) is 18.6 Å². The maximum absolute atomic E-state index is 10.0. The second-order valence-electron chi connectivity index (χ2n) is 2.13. The summed E-state index contributed by atoms with van der Waals surface area (Å²) in [5.41, 5.74) is -1.38. The van der Waals surface area contributed by atoms with Crippen LogP contribution in [0, 0.1) is 28.1 Å². The van der Waals surface area contributed by atoms with E-state index in [0.717, 1.165) is 0 Å². The van der Waals surface area contributed by atoms with E-state index in [2.05, 4.69) is 0 Å². The molecule has 52 valence electrons. The molecule has 0 aliphatic carbocycles. The third-order valence-electron chi connectivity index (χ3n) is 0.998. The van der Waals surface area contributed by atoms with E-state index in [4.69, 9.17) is 15.6 Å². The smallest absolute Gasteiger partial charge is 0.306 e. The van der Waals surface area contributed by atoms with Crippen LogP contribution in [0.4, 0.5) is 0 Å². The van der Waals surface area contributed by atoms with Crippen molar-refractivity contribution >= 4 is 5.97 Å². The third-order valence-corrected chi connectivity index (χ3v) is 0.998. The van der Waals surface area contributed by atoms with Crippen LogP contribution in [0.2, 0.25) is 0 Å². The predicted octanol–water partition coefficient (Wildman–Crippen LogP) is 0.515. The summed E-state index contributed by atoms with van der Waals surface area (Å²) in [6.45, 7) is 1.29. The zero-order valence-electron chi connectivity index (χ0n) is 5.46. The van der Waals surface area contributed by atoms with Crippen molar-refractivity contribution in [2.45, 2.75) is 13.3 Å². The molecule has 0 aromatic carbocycles. The van der Waals surface area contributed by atoms with Crippen LogP contribution < -0.4 is 0 Å². The second-order valence-corrected chi connectivity index (χ2v) is 2.13. The molecule has 0 saturated carbocycles. The number of carbonyl (C=O) groups is 1. The molecule has 0 rings (SSSR count). The number of hydrogen-bond acceptors (Lipinski definition) is 3. The van der Waals surface area contributed by atoms with E-state index in [0.29, 0.717) is 0 Å². The number of rotatable bonds is 2. The van der Waals surface area contributed by atoms with E-state index in [1.807, 2.05) is 0 Å². The molecule has 4 heteroatoms. The molecule has 0 bridgehead atoms. The Morgan fingerprint density at radius 2 is 2.00 bits per heavy atom. The average molecular weight is 138 g/mol.